The maximum absolute atomic E-state index is 12.9. The van der Waals surface area contributed by atoms with E-state index in [2.05, 4.69) is 20.5 Å². The molecule has 5 aromatic rings. The molecule has 5 rings (SSSR count). The van der Waals surface area contributed by atoms with Gasteiger partial charge in [0, 0.05) is 33.8 Å². The number of H-pyrrole nitrogens is 1. The number of hydrogen-bond acceptors (Lipinski definition) is 7. The summed E-state index contributed by atoms with van der Waals surface area (Å²) in [5.41, 5.74) is 2.99. The Morgan fingerprint density at radius 3 is 2.58 bits per heavy atom. The highest BCUT2D eigenvalue weighted by molar-refractivity contribution is 7.99. The first kappa shape index (κ1) is 25.5. The molecule has 0 saturated heterocycles. The van der Waals surface area contributed by atoms with Crippen molar-refractivity contribution in [3.63, 3.8) is 0 Å². The Morgan fingerprint density at radius 1 is 1.00 bits per heavy atom. The van der Waals surface area contributed by atoms with E-state index < -0.39 is 0 Å². The number of hydrogen-bond donors (Lipinski definition) is 2. The van der Waals surface area contributed by atoms with Gasteiger partial charge in [-0.1, -0.05) is 41.6 Å². The second-order valence-electron chi connectivity index (χ2n) is 8.11. The summed E-state index contributed by atoms with van der Waals surface area (Å²) in [7, 11) is 4.73. The number of nitrogens with one attached hydrogen (secondary N) is 2. The summed E-state index contributed by atoms with van der Waals surface area (Å²) in [5.74, 6) is 2.15. The summed E-state index contributed by atoms with van der Waals surface area (Å²) in [6.45, 7) is 0. The average molecular weight is 550 g/mol. The number of halogens is 1. The highest BCUT2D eigenvalue weighted by atomic mass is 35.5. The first-order chi connectivity index (χ1) is 18.5. The number of aromatic amines is 1. The van der Waals surface area contributed by atoms with Gasteiger partial charge in [-0.05, 0) is 36.4 Å². The number of fused-ring (bicyclic) bond motifs is 1. The zero-order valence-corrected chi connectivity index (χ0v) is 22.4. The van der Waals surface area contributed by atoms with E-state index in [9.17, 15) is 4.79 Å². The van der Waals surface area contributed by atoms with Crippen LogP contribution in [0.3, 0.4) is 0 Å². The number of carbonyl (C=O) groups excluding carboxylic acids is 1. The van der Waals surface area contributed by atoms with E-state index in [4.69, 9.17) is 25.8 Å². The SMILES string of the molecule is COc1ccc(OC)c(-n2c(SCC(=O)Nc3cc(Cl)ccc3OC)nnc2-c2c[nH]c3ccccc23)c1. The molecule has 0 aliphatic carbocycles. The molecule has 0 unspecified atom stereocenters. The first-order valence-electron chi connectivity index (χ1n) is 11.5. The van der Waals surface area contributed by atoms with Crippen molar-refractivity contribution in [3.8, 4) is 34.3 Å². The van der Waals surface area contributed by atoms with Crippen LogP contribution < -0.4 is 19.5 Å². The molecule has 0 aliphatic heterocycles. The molecule has 0 aliphatic rings. The fourth-order valence-electron chi connectivity index (χ4n) is 4.08. The van der Waals surface area contributed by atoms with E-state index in [1.165, 1.54) is 18.9 Å². The highest BCUT2D eigenvalue weighted by Crippen LogP contribution is 2.37. The number of ether oxygens (including phenoxy) is 3. The van der Waals surface area contributed by atoms with Crippen molar-refractivity contribution in [1.82, 2.24) is 19.7 Å². The Labute approximate surface area is 228 Å². The molecule has 0 spiro atoms. The highest BCUT2D eigenvalue weighted by Gasteiger charge is 2.22. The summed E-state index contributed by atoms with van der Waals surface area (Å²) < 4.78 is 18.4. The third kappa shape index (κ3) is 5.00. The van der Waals surface area contributed by atoms with Gasteiger partial charge in [0.25, 0.3) is 0 Å². The second-order valence-corrected chi connectivity index (χ2v) is 9.49. The monoisotopic (exact) mass is 549 g/mol. The van der Waals surface area contributed by atoms with Crippen molar-refractivity contribution in [2.45, 2.75) is 5.16 Å². The molecule has 0 fully saturated rings. The van der Waals surface area contributed by atoms with Gasteiger partial charge in [-0.2, -0.15) is 0 Å². The van der Waals surface area contributed by atoms with Gasteiger partial charge in [-0.15, -0.1) is 10.2 Å². The van der Waals surface area contributed by atoms with E-state index in [0.29, 0.717) is 44.6 Å². The van der Waals surface area contributed by atoms with Crippen LogP contribution in [0.5, 0.6) is 17.2 Å². The first-order valence-corrected chi connectivity index (χ1v) is 12.9. The van der Waals surface area contributed by atoms with Crippen molar-refractivity contribution < 1.29 is 19.0 Å². The van der Waals surface area contributed by atoms with Crippen LogP contribution in [0.2, 0.25) is 5.02 Å². The Hall–Kier alpha value is -4.15. The van der Waals surface area contributed by atoms with Gasteiger partial charge < -0.3 is 24.5 Å². The molecule has 0 atom stereocenters. The zero-order valence-electron chi connectivity index (χ0n) is 20.8. The number of rotatable bonds is 9. The lowest BCUT2D eigenvalue weighted by atomic mass is 10.1. The van der Waals surface area contributed by atoms with Crippen molar-refractivity contribution in [3.05, 3.63) is 71.9 Å². The molecule has 9 nitrogen and oxygen atoms in total. The van der Waals surface area contributed by atoms with Crippen LogP contribution in [0.1, 0.15) is 0 Å². The molecule has 0 radical (unpaired) electrons. The van der Waals surface area contributed by atoms with Gasteiger partial charge in [0.2, 0.25) is 5.91 Å². The second kappa shape index (κ2) is 11.1. The fraction of sp³-hybridized carbons (Fsp3) is 0.148. The number of anilines is 1. The Morgan fingerprint density at radius 2 is 1.79 bits per heavy atom. The molecule has 11 heteroatoms. The molecule has 194 valence electrons. The average Bonchev–Trinajstić information content (AvgIpc) is 3.55. The Bertz CT molecular complexity index is 1620. The van der Waals surface area contributed by atoms with Gasteiger partial charge in [0.15, 0.2) is 11.0 Å². The third-order valence-corrected chi connectivity index (χ3v) is 7.02. The fourth-order valence-corrected chi connectivity index (χ4v) is 4.99. The lowest BCUT2D eigenvalue weighted by molar-refractivity contribution is -0.113. The molecular formula is C27H24ClN5O4S. The molecule has 1 amide bonds. The standard InChI is InChI=1S/C27H24ClN5O4S/c1-35-17-9-11-24(37-3)22(13-17)33-26(19-14-29-20-7-5-4-6-18(19)20)31-32-27(33)38-15-25(34)30-21-12-16(28)8-10-23(21)36-2/h4-14,29H,15H2,1-3H3,(H,30,34). The van der Waals surface area contributed by atoms with Crippen molar-refractivity contribution in [2.75, 3.05) is 32.4 Å². The number of benzene rings is 3. The van der Waals surface area contributed by atoms with Crippen molar-refractivity contribution >= 4 is 45.9 Å². The van der Waals surface area contributed by atoms with Crippen LogP contribution >= 0.6 is 23.4 Å². The van der Waals surface area contributed by atoms with E-state index in [-0.39, 0.29) is 11.7 Å². The molecule has 0 saturated carbocycles. The normalized spacial score (nSPS) is 10.9. The van der Waals surface area contributed by atoms with Crippen LogP contribution in [0.4, 0.5) is 5.69 Å². The summed E-state index contributed by atoms with van der Waals surface area (Å²) in [5, 5.41) is 13.8. The molecule has 2 heterocycles. The topological polar surface area (TPSA) is 103 Å². The minimum absolute atomic E-state index is 0.0635. The zero-order chi connectivity index (χ0) is 26.6. The van der Waals surface area contributed by atoms with Gasteiger partial charge in [0.1, 0.15) is 17.2 Å². The summed E-state index contributed by atoms with van der Waals surface area (Å²) in [4.78, 5) is 16.2. The summed E-state index contributed by atoms with van der Waals surface area (Å²) in [6.07, 6.45) is 1.89. The minimum Gasteiger partial charge on any atom is -0.497 e. The third-order valence-electron chi connectivity index (χ3n) is 5.86. The van der Waals surface area contributed by atoms with Gasteiger partial charge in [0.05, 0.1) is 38.5 Å². The van der Waals surface area contributed by atoms with E-state index in [1.54, 1.807) is 32.4 Å². The van der Waals surface area contributed by atoms with Gasteiger partial charge in [-0.3, -0.25) is 9.36 Å². The number of carbonyl (C=O) groups is 1. The summed E-state index contributed by atoms with van der Waals surface area (Å²) in [6, 6.07) is 18.5. The smallest absolute Gasteiger partial charge is 0.234 e. The number of nitrogens with zero attached hydrogens (tertiary/aromatic N) is 3. The minimum atomic E-state index is -0.253. The van der Waals surface area contributed by atoms with Crippen LogP contribution in [0.25, 0.3) is 28.0 Å². The molecule has 3 aromatic carbocycles. The number of thioether (sulfide) groups is 1. The van der Waals surface area contributed by atoms with Crippen LogP contribution in [-0.2, 0) is 4.79 Å². The lowest BCUT2D eigenvalue weighted by Gasteiger charge is -2.15. The molecule has 2 N–H and O–H groups in total. The molecule has 2 aromatic heterocycles. The molecule has 0 bridgehead atoms. The Balaban J connectivity index is 1.53. The lowest BCUT2D eigenvalue weighted by Crippen LogP contribution is -2.15. The van der Waals surface area contributed by atoms with Gasteiger partial charge in [-0.25, -0.2) is 0 Å². The van der Waals surface area contributed by atoms with Crippen molar-refractivity contribution in [2.24, 2.45) is 0 Å². The van der Waals surface area contributed by atoms with Gasteiger partial charge >= 0.3 is 0 Å². The van der Waals surface area contributed by atoms with E-state index >= 15 is 0 Å². The van der Waals surface area contributed by atoms with E-state index in [0.717, 1.165) is 16.5 Å². The summed E-state index contributed by atoms with van der Waals surface area (Å²) >= 11 is 7.35. The van der Waals surface area contributed by atoms with Crippen LogP contribution in [-0.4, -0.2) is 52.7 Å². The number of amides is 1. The predicted molar refractivity (Wildman–Crippen MR) is 149 cm³/mol. The van der Waals surface area contributed by atoms with Crippen LogP contribution in [0, 0.1) is 0 Å². The maximum Gasteiger partial charge on any atom is 0.234 e. The molecular weight excluding hydrogens is 526 g/mol. The van der Waals surface area contributed by atoms with Crippen LogP contribution in [0.15, 0.2) is 72.0 Å². The maximum atomic E-state index is 12.9. The molecule has 38 heavy (non-hydrogen) atoms. The van der Waals surface area contributed by atoms with Crippen molar-refractivity contribution in [1.29, 1.82) is 0 Å². The Kier molecular flexibility index (Phi) is 7.43. The number of para-hydroxylation sites is 1. The number of methoxy groups -OCH3 is 3. The quantitative estimate of drug-likeness (QED) is 0.223. The predicted octanol–water partition coefficient (Wildman–Crippen LogP) is 5.83. The number of aromatic nitrogens is 4. The largest absolute Gasteiger partial charge is 0.497 e. The van der Waals surface area contributed by atoms with E-state index in [1.807, 2.05) is 53.2 Å².